The highest BCUT2D eigenvalue weighted by atomic mass is 16.5. The Kier molecular flexibility index (Phi) is 2.71. The van der Waals surface area contributed by atoms with Crippen molar-refractivity contribution in [2.24, 2.45) is 11.7 Å². The molecule has 98 valence electrons. The fourth-order valence-electron chi connectivity index (χ4n) is 2.81. The van der Waals surface area contributed by atoms with Crippen LogP contribution >= 0.6 is 0 Å². The zero-order valence-electron chi connectivity index (χ0n) is 9.81. The fraction of sp³-hybridized carbons (Fsp3) is 0.636. The Bertz CT molecular complexity index is 508. The van der Waals surface area contributed by atoms with Crippen LogP contribution in [0.25, 0.3) is 0 Å². The summed E-state index contributed by atoms with van der Waals surface area (Å²) in [6, 6.07) is -0.230. The smallest absolute Gasteiger partial charge is 0.323 e. The minimum absolute atomic E-state index is 0.0170. The zero-order chi connectivity index (χ0) is 12.7. The average Bonchev–Trinajstić information content (AvgIpc) is 2.82. The average molecular weight is 252 g/mol. The van der Waals surface area contributed by atoms with Gasteiger partial charge in [-0.2, -0.15) is 0 Å². The lowest BCUT2D eigenvalue weighted by Gasteiger charge is -2.52. The Morgan fingerprint density at radius 2 is 2.39 bits per heavy atom. The highest BCUT2D eigenvalue weighted by Crippen LogP contribution is 2.36. The second kappa shape index (κ2) is 4.25. The molecule has 7 heteroatoms. The van der Waals surface area contributed by atoms with Crippen LogP contribution in [0.2, 0.25) is 0 Å². The number of amides is 1. The van der Waals surface area contributed by atoms with Gasteiger partial charge < -0.3 is 25.8 Å². The normalized spacial score (nSPS) is 34.5. The van der Waals surface area contributed by atoms with Crippen molar-refractivity contribution in [1.29, 1.82) is 0 Å². The van der Waals surface area contributed by atoms with Crippen LogP contribution in [0.5, 0.6) is 0 Å². The molecule has 18 heavy (non-hydrogen) atoms. The number of nitrogens with two attached hydrogens (primary N) is 1. The lowest BCUT2D eigenvalue weighted by atomic mass is 9.68. The maximum absolute atomic E-state index is 11.9. The molecule has 1 aliphatic heterocycles. The molecule has 1 amide bonds. The van der Waals surface area contributed by atoms with Crippen LogP contribution in [0.1, 0.15) is 23.3 Å². The number of nitrogens with one attached hydrogen (secondary N) is 3. The largest absolute Gasteiger partial charge is 0.376 e. The summed E-state index contributed by atoms with van der Waals surface area (Å²) < 4.78 is 5.63. The molecule has 4 unspecified atom stereocenters. The van der Waals surface area contributed by atoms with Gasteiger partial charge in [-0.1, -0.05) is 0 Å². The van der Waals surface area contributed by atoms with Crippen molar-refractivity contribution in [3.8, 4) is 0 Å². The summed E-state index contributed by atoms with van der Waals surface area (Å²) in [6.45, 7) is 0.723. The van der Waals surface area contributed by atoms with Crippen molar-refractivity contribution in [1.82, 2.24) is 15.3 Å². The molecule has 1 saturated heterocycles. The van der Waals surface area contributed by atoms with Gasteiger partial charge in [-0.15, -0.1) is 0 Å². The molecule has 1 aromatic heterocycles. The molecule has 2 fully saturated rings. The first kappa shape index (κ1) is 11.5. The van der Waals surface area contributed by atoms with Gasteiger partial charge in [0.1, 0.15) is 5.69 Å². The van der Waals surface area contributed by atoms with Gasteiger partial charge in [-0.3, -0.25) is 4.79 Å². The molecule has 0 radical (unpaired) electrons. The summed E-state index contributed by atoms with van der Waals surface area (Å²) in [6.07, 6.45) is 3.45. The number of H-pyrrole nitrogens is 2. The molecule has 2 aliphatic rings. The first-order valence-electron chi connectivity index (χ1n) is 6.12. The van der Waals surface area contributed by atoms with Crippen LogP contribution in [0.15, 0.2) is 11.0 Å². The van der Waals surface area contributed by atoms with Crippen LogP contribution in [-0.2, 0) is 4.74 Å². The van der Waals surface area contributed by atoms with Crippen LogP contribution in [0.3, 0.4) is 0 Å². The summed E-state index contributed by atoms with van der Waals surface area (Å²) in [5.41, 5.74) is 5.85. The molecule has 1 aliphatic carbocycles. The quantitative estimate of drug-likeness (QED) is 0.537. The van der Waals surface area contributed by atoms with Crippen molar-refractivity contribution in [2.45, 2.75) is 31.0 Å². The first-order valence-corrected chi connectivity index (χ1v) is 6.12. The Morgan fingerprint density at radius 3 is 3.11 bits per heavy atom. The lowest BCUT2D eigenvalue weighted by Crippen LogP contribution is -2.72. The number of rotatable bonds is 2. The number of carbonyl (C=O) groups excluding carboxylic acids is 1. The maximum Gasteiger partial charge on any atom is 0.323 e. The Labute approximate surface area is 103 Å². The van der Waals surface area contributed by atoms with E-state index in [2.05, 4.69) is 15.3 Å². The van der Waals surface area contributed by atoms with Gasteiger partial charge in [-0.05, 0) is 12.8 Å². The minimum Gasteiger partial charge on any atom is -0.376 e. The highest BCUT2D eigenvalue weighted by molar-refractivity contribution is 5.92. The van der Waals surface area contributed by atoms with Gasteiger partial charge >= 0.3 is 5.69 Å². The van der Waals surface area contributed by atoms with Crippen molar-refractivity contribution in [3.63, 3.8) is 0 Å². The summed E-state index contributed by atoms with van der Waals surface area (Å²) >= 11 is 0. The van der Waals surface area contributed by atoms with E-state index in [-0.39, 0.29) is 29.8 Å². The van der Waals surface area contributed by atoms with E-state index in [9.17, 15) is 9.59 Å². The standard InChI is InChI=1S/C11H16N4O3/c12-7-5-2-1-3-18-9(5)8(7)15-10(16)6-4-13-11(17)14-6/h4-5,7-9H,1-3,12H2,(H,15,16)(H2,13,14,17). The fourth-order valence-corrected chi connectivity index (χ4v) is 2.81. The molecule has 4 atom stereocenters. The van der Waals surface area contributed by atoms with Gasteiger partial charge in [0.05, 0.1) is 12.1 Å². The number of aromatic amines is 2. The molecule has 3 rings (SSSR count). The Balaban J connectivity index is 1.66. The summed E-state index contributed by atoms with van der Waals surface area (Å²) in [7, 11) is 0. The third-order valence-electron chi connectivity index (χ3n) is 3.82. The monoisotopic (exact) mass is 252 g/mol. The third-order valence-corrected chi connectivity index (χ3v) is 3.82. The van der Waals surface area contributed by atoms with E-state index in [0.29, 0.717) is 5.92 Å². The lowest BCUT2D eigenvalue weighted by molar-refractivity contribution is -0.117. The molecule has 0 spiro atoms. The van der Waals surface area contributed by atoms with Gasteiger partial charge in [-0.25, -0.2) is 4.79 Å². The van der Waals surface area contributed by atoms with E-state index in [1.807, 2.05) is 0 Å². The molecule has 5 N–H and O–H groups in total. The Morgan fingerprint density at radius 1 is 1.56 bits per heavy atom. The van der Waals surface area contributed by atoms with Crippen LogP contribution in [0, 0.1) is 5.92 Å². The van der Waals surface area contributed by atoms with E-state index in [4.69, 9.17) is 10.5 Å². The predicted octanol–water partition coefficient (Wildman–Crippen LogP) is -1.06. The van der Waals surface area contributed by atoms with Crippen molar-refractivity contribution >= 4 is 5.91 Å². The first-order chi connectivity index (χ1) is 8.66. The van der Waals surface area contributed by atoms with E-state index >= 15 is 0 Å². The van der Waals surface area contributed by atoms with E-state index in [1.54, 1.807) is 0 Å². The number of fused-ring (bicyclic) bond motifs is 1. The van der Waals surface area contributed by atoms with Crippen LogP contribution in [0.4, 0.5) is 0 Å². The summed E-state index contributed by atoms with van der Waals surface area (Å²) in [5, 5.41) is 2.82. The van der Waals surface area contributed by atoms with Crippen molar-refractivity contribution in [2.75, 3.05) is 6.61 Å². The van der Waals surface area contributed by atoms with Crippen LogP contribution < -0.4 is 16.7 Å². The van der Waals surface area contributed by atoms with Gasteiger partial charge in [0.2, 0.25) is 0 Å². The predicted molar refractivity (Wildman–Crippen MR) is 63.1 cm³/mol. The molecular formula is C11H16N4O3. The van der Waals surface area contributed by atoms with Crippen LogP contribution in [-0.4, -0.2) is 40.7 Å². The SMILES string of the molecule is NC1C2CCCOC2C1NC(=O)c1c[nH]c(=O)[nH]1. The van der Waals surface area contributed by atoms with Gasteiger partial charge in [0, 0.05) is 24.8 Å². The topological polar surface area (TPSA) is 113 Å². The molecular weight excluding hydrogens is 236 g/mol. The van der Waals surface area contributed by atoms with Gasteiger partial charge in [0.15, 0.2) is 0 Å². The summed E-state index contributed by atoms with van der Waals surface area (Å²) in [5.74, 6) is 0.00995. The second-order valence-corrected chi connectivity index (χ2v) is 4.87. The van der Waals surface area contributed by atoms with E-state index in [1.165, 1.54) is 6.20 Å². The summed E-state index contributed by atoms with van der Waals surface area (Å²) in [4.78, 5) is 27.6. The number of hydrogen-bond donors (Lipinski definition) is 4. The van der Waals surface area contributed by atoms with E-state index < -0.39 is 5.69 Å². The number of aromatic nitrogens is 2. The number of ether oxygens (including phenoxy) is 1. The number of carbonyl (C=O) groups is 1. The highest BCUT2D eigenvalue weighted by Gasteiger charge is 2.51. The molecule has 0 aromatic carbocycles. The molecule has 2 heterocycles. The molecule has 7 nitrogen and oxygen atoms in total. The van der Waals surface area contributed by atoms with Crippen molar-refractivity contribution in [3.05, 3.63) is 22.4 Å². The molecule has 1 aromatic rings. The van der Waals surface area contributed by atoms with E-state index in [0.717, 1.165) is 19.4 Å². The number of imidazole rings is 1. The second-order valence-electron chi connectivity index (χ2n) is 4.87. The third kappa shape index (κ3) is 1.75. The number of hydrogen-bond acceptors (Lipinski definition) is 4. The van der Waals surface area contributed by atoms with Gasteiger partial charge in [0.25, 0.3) is 5.91 Å². The minimum atomic E-state index is -0.398. The maximum atomic E-state index is 11.9. The molecule has 1 saturated carbocycles. The Hall–Kier alpha value is -1.60. The molecule has 0 bridgehead atoms. The zero-order valence-corrected chi connectivity index (χ0v) is 9.81. The van der Waals surface area contributed by atoms with Crippen molar-refractivity contribution < 1.29 is 9.53 Å².